The van der Waals surface area contributed by atoms with Crippen LogP contribution in [0.1, 0.15) is 39.5 Å². The fraction of sp³-hybridized carbons (Fsp3) is 0.833. The Kier molecular flexibility index (Phi) is 7.81. The van der Waals surface area contributed by atoms with Crippen molar-refractivity contribution in [2.45, 2.75) is 39.5 Å². The van der Waals surface area contributed by atoms with Gasteiger partial charge in [-0.2, -0.15) is 0 Å². The smallest absolute Gasteiger partial charge is 0.0431 e. The van der Waals surface area contributed by atoms with E-state index in [0.29, 0.717) is 12.0 Å². The number of aliphatic hydroxyl groups excluding tert-OH is 1. The average molecular weight is 199 g/mol. The number of hydrogen-bond acceptors (Lipinski definition) is 2. The van der Waals surface area contributed by atoms with Crippen molar-refractivity contribution in [2.24, 2.45) is 5.41 Å². The highest BCUT2D eigenvalue weighted by atomic mass is 16.2. The highest BCUT2D eigenvalue weighted by Gasteiger charge is 2.15. The SMILES string of the molecule is C=CCCCNCC(C)(C)CCCO. The van der Waals surface area contributed by atoms with E-state index in [9.17, 15) is 0 Å². The fourth-order valence-corrected chi connectivity index (χ4v) is 1.44. The minimum Gasteiger partial charge on any atom is -0.396 e. The Morgan fingerprint density at radius 3 is 2.64 bits per heavy atom. The summed E-state index contributed by atoms with van der Waals surface area (Å²) in [5.41, 5.74) is 0.302. The molecular weight excluding hydrogens is 174 g/mol. The topological polar surface area (TPSA) is 32.3 Å². The van der Waals surface area contributed by atoms with Crippen molar-refractivity contribution in [1.29, 1.82) is 0 Å². The molecule has 0 spiro atoms. The molecule has 0 aromatic carbocycles. The molecule has 0 atom stereocenters. The van der Waals surface area contributed by atoms with Gasteiger partial charge < -0.3 is 10.4 Å². The molecule has 2 heteroatoms. The number of unbranched alkanes of at least 4 members (excludes halogenated alkanes) is 1. The molecule has 0 unspecified atom stereocenters. The van der Waals surface area contributed by atoms with Crippen LogP contribution in [-0.4, -0.2) is 24.8 Å². The van der Waals surface area contributed by atoms with Gasteiger partial charge in [0, 0.05) is 13.2 Å². The summed E-state index contributed by atoms with van der Waals surface area (Å²) in [5.74, 6) is 0. The molecule has 0 aromatic rings. The lowest BCUT2D eigenvalue weighted by Crippen LogP contribution is -2.30. The first-order valence-electron chi connectivity index (χ1n) is 5.55. The second-order valence-corrected chi connectivity index (χ2v) is 4.60. The molecule has 84 valence electrons. The largest absolute Gasteiger partial charge is 0.396 e. The molecule has 0 aliphatic heterocycles. The Morgan fingerprint density at radius 2 is 2.07 bits per heavy atom. The van der Waals surface area contributed by atoms with Crippen molar-refractivity contribution in [3.8, 4) is 0 Å². The molecular formula is C12H25NO. The summed E-state index contributed by atoms with van der Waals surface area (Å²) < 4.78 is 0. The Morgan fingerprint density at radius 1 is 1.36 bits per heavy atom. The van der Waals surface area contributed by atoms with Crippen LogP contribution in [0.3, 0.4) is 0 Å². The van der Waals surface area contributed by atoms with Crippen molar-refractivity contribution in [1.82, 2.24) is 5.32 Å². The van der Waals surface area contributed by atoms with Crippen LogP contribution in [0.25, 0.3) is 0 Å². The second-order valence-electron chi connectivity index (χ2n) is 4.60. The van der Waals surface area contributed by atoms with Gasteiger partial charge in [0.25, 0.3) is 0 Å². The minimum absolute atomic E-state index is 0.302. The van der Waals surface area contributed by atoms with E-state index in [4.69, 9.17) is 5.11 Å². The monoisotopic (exact) mass is 199 g/mol. The van der Waals surface area contributed by atoms with Crippen molar-refractivity contribution >= 4 is 0 Å². The molecule has 0 rings (SSSR count). The standard InChI is InChI=1S/C12H25NO/c1-4-5-6-9-13-11-12(2,3)8-7-10-14/h4,13-14H,1,5-11H2,2-3H3. The van der Waals surface area contributed by atoms with E-state index >= 15 is 0 Å². The van der Waals surface area contributed by atoms with Crippen molar-refractivity contribution in [3.05, 3.63) is 12.7 Å². The maximum atomic E-state index is 8.74. The van der Waals surface area contributed by atoms with Gasteiger partial charge in [0.1, 0.15) is 0 Å². The highest BCUT2D eigenvalue weighted by Crippen LogP contribution is 2.20. The summed E-state index contributed by atoms with van der Waals surface area (Å²) in [6.07, 6.45) is 6.20. The number of allylic oxidation sites excluding steroid dienone is 1. The molecule has 0 aromatic heterocycles. The van der Waals surface area contributed by atoms with Gasteiger partial charge >= 0.3 is 0 Å². The van der Waals surface area contributed by atoms with E-state index in [2.05, 4.69) is 25.7 Å². The van der Waals surface area contributed by atoms with Crippen LogP contribution in [-0.2, 0) is 0 Å². The average Bonchev–Trinajstić information content (AvgIpc) is 2.15. The zero-order chi connectivity index (χ0) is 10.9. The van der Waals surface area contributed by atoms with Gasteiger partial charge in [0.05, 0.1) is 0 Å². The summed E-state index contributed by atoms with van der Waals surface area (Å²) >= 11 is 0. The van der Waals surface area contributed by atoms with Gasteiger partial charge in [-0.3, -0.25) is 0 Å². The maximum absolute atomic E-state index is 8.74. The molecule has 0 heterocycles. The quantitative estimate of drug-likeness (QED) is 0.441. The Bertz CT molecular complexity index is 143. The molecule has 2 N–H and O–H groups in total. The third kappa shape index (κ3) is 8.27. The molecule has 0 fully saturated rings. The third-order valence-electron chi connectivity index (χ3n) is 2.38. The molecule has 0 aliphatic carbocycles. The summed E-state index contributed by atoms with van der Waals surface area (Å²) in [7, 11) is 0. The number of hydrogen-bond donors (Lipinski definition) is 2. The van der Waals surface area contributed by atoms with Crippen LogP contribution in [0, 0.1) is 5.41 Å². The molecule has 0 aliphatic rings. The zero-order valence-corrected chi connectivity index (χ0v) is 9.68. The van der Waals surface area contributed by atoms with E-state index in [1.165, 1.54) is 6.42 Å². The van der Waals surface area contributed by atoms with Gasteiger partial charge in [-0.1, -0.05) is 19.9 Å². The Balaban J connectivity index is 3.39. The summed E-state index contributed by atoms with van der Waals surface area (Å²) in [4.78, 5) is 0. The van der Waals surface area contributed by atoms with Gasteiger partial charge in [0.2, 0.25) is 0 Å². The fourth-order valence-electron chi connectivity index (χ4n) is 1.44. The Labute approximate surface area is 88.4 Å². The zero-order valence-electron chi connectivity index (χ0n) is 9.68. The molecule has 0 radical (unpaired) electrons. The van der Waals surface area contributed by atoms with Crippen molar-refractivity contribution in [3.63, 3.8) is 0 Å². The van der Waals surface area contributed by atoms with Crippen LogP contribution in [0.2, 0.25) is 0 Å². The first-order valence-corrected chi connectivity index (χ1v) is 5.55. The van der Waals surface area contributed by atoms with Crippen LogP contribution >= 0.6 is 0 Å². The lowest BCUT2D eigenvalue weighted by molar-refractivity contribution is 0.236. The van der Waals surface area contributed by atoms with Crippen LogP contribution in [0.15, 0.2) is 12.7 Å². The second kappa shape index (κ2) is 8.01. The van der Waals surface area contributed by atoms with E-state index in [1.54, 1.807) is 0 Å². The summed E-state index contributed by atoms with van der Waals surface area (Å²) in [6.45, 7) is 10.6. The highest BCUT2D eigenvalue weighted by molar-refractivity contribution is 4.72. The molecule has 0 saturated carbocycles. The van der Waals surface area contributed by atoms with E-state index in [-0.39, 0.29) is 0 Å². The van der Waals surface area contributed by atoms with Gasteiger partial charge in [0.15, 0.2) is 0 Å². The predicted octanol–water partition coefficient (Wildman–Crippen LogP) is 2.34. The Hall–Kier alpha value is -0.340. The number of nitrogens with one attached hydrogen (secondary N) is 1. The van der Waals surface area contributed by atoms with Crippen LogP contribution < -0.4 is 5.32 Å². The number of rotatable bonds is 9. The molecule has 14 heavy (non-hydrogen) atoms. The van der Waals surface area contributed by atoms with Crippen LogP contribution in [0.5, 0.6) is 0 Å². The lowest BCUT2D eigenvalue weighted by Gasteiger charge is -2.24. The summed E-state index contributed by atoms with van der Waals surface area (Å²) in [5, 5.41) is 12.2. The van der Waals surface area contributed by atoms with Gasteiger partial charge in [-0.15, -0.1) is 6.58 Å². The van der Waals surface area contributed by atoms with Crippen LogP contribution in [0.4, 0.5) is 0 Å². The normalized spacial score (nSPS) is 11.6. The van der Waals surface area contributed by atoms with Crippen molar-refractivity contribution in [2.75, 3.05) is 19.7 Å². The first kappa shape index (κ1) is 13.7. The van der Waals surface area contributed by atoms with Gasteiger partial charge in [-0.05, 0) is 37.6 Å². The van der Waals surface area contributed by atoms with E-state index < -0.39 is 0 Å². The minimum atomic E-state index is 0.302. The first-order chi connectivity index (χ1) is 6.62. The van der Waals surface area contributed by atoms with E-state index in [1.807, 2.05) is 6.08 Å². The van der Waals surface area contributed by atoms with Crippen molar-refractivity contribution < 1.29 is 5.11 Å². The summed E-state index contributed by atoms with van der Waals surface area (Å²) in [6, 6.07) is 0. The molecule has 0 saturated heterocycles. The predicted molar refractivity (Wildman–Crippen MR) is 62.4 cm³/mol. The van der Waals surface area contributed by atoms with E-state index in [0.717, 1.165) is 32.4 Å². The molecule has 2 nitrogen and oxygen atoms in total. The third-order valence-corrected chi connectivity index (χ3v) is 2.38. The van der Waals surface area contributed by atoms with Gasteiger partial charge in [-0.25, -0.2) is 0 Å². The molecule has 0 amide bonds. The molecule has 0 bridgehead atoms. The number of aliphatic hydroxyl groups is 1. The maximum Gasteiger partial charge on any atom is 0.0431 e. The lowest BCUT2D eigenvalue weighted by atomic mass is 9.88.